The molecule has 3 aromatic carbocycles. The molecular weight excluding hydrogens is 422 g/mol. The highest BCUT2D eigenvalue weighted by molar-refractivity contribution is 6.18. The van der Waals surface area contributed by atoms with Crippen LogP contribution >= 0.6 is 0 Å². The quantitative estimate of drug-likeness (QED) is 0.386. The molecule has 3 N–H and O–H groups in total. The molecule has 5 nitrogen and oxygen atoms in total. The molecule has 0 aliphatic carbocycles. The van der Waals surface area contributed by atoms with E-state index in [-0.39, 0.29) is 29.7 Å². The summed E-state index contributed by atoms with van der Waals surface area (Å²) in [7, 11) is 0. The third-order valence-electron chi connectivity index (χ3n) is 6.02. The van der Waals surface area contributed by atoms with Crippen LogP contribution in [0, 0.1) is 0 Å². The Morgan fingerprint density at radius 3 is 2.21 bits per heavy atom. The molecule has 0 aromatic heterocycles. The van der Waals surface area contributed by atoms with Gasteiger partial charge >= 0.3 is 0 Å². The Morgan fingerprint density at radius 2 is 1.59 bits per heavy atom. The van der Waals surface area contributed by atoms with Gasteiger partial charge in [-0.25, -0.2) is 0 Å². The zero-order valence-corrected chi connectivity index (χ0v) is 20.2. The molecule has 1 fully saturated rings. The van der Waals surface area contributed by atoms with Crippen molar-refractivity contribution in [2.24, 2.45) is 0 Å². The molecule has 0 spiro atoms. The smallest absolute Gasteiger partial charge is 0.181 e. The Bertz CT molecular complexity index is 1150. The first-order chi connectivity index (χ1) is 16.3. The van der Waals surface area contributed by atoms with Crippen LogP contribution in [0.15, 0.2) is 72.8 Å². The standard InChI is InChI=1S/C29H33N3O2/c1-29(2,3)31-19-25(33)27-23(32-21-13-8-5-9-14-21)17-16-22(20-11-6-4-7-12-20)26(27)28(34)24-15-10-18-30-24/h4-9,11-14,16-17,24,30-32H,10,15,18-19H2,1-3H3. The second-order valence-corrected chi connectivity index (χ2v) is 9.81. The zero-order valence-electron chi connectivity index (χ0n) is 20.2. The Labute approximate surface area is 202 Å². The third kappa shape index (κ3) is 5.61. The van der Waals surface area contributed by atoms with Crippen molar-refractivity contribution in [1.29, 1.82) is 0 Å². The van der Waals surface area contributed by atoms with E-state index in [0.717, 1.165) is 36.2 Å². The van der Waals surface area contributed by atoms with E-state index in [1.165, 1.54) is 0 Å². The van der Waals surface area contributed by atoms with Crippen LogP contribution in [0.2, 0.25) is 0 Å². The minimum absolute atomic E-state index is 0.0211. The number of ketones is 2. The van der Waals surface area contributed by atoms with Crippen molar-refractivity contribution < 1.29 is 9.59 Å². The molecule has 1 aliphatic heterocycles. The van der Waals surface area contributed by atoms with Crippen molar-refractivity contribution >= 4 is 22.9 Å². The van der Waals surface area contributed by atoms with Gasteiger partial charge in [0.2, 0.25) is 0 Å². The molecule has 0 radical (unpaired) electrons. The molecule has 34 heavy (non-hydrogen) atoms. The van der Waals surface area contributed by atoms with Crippen LogP contribution in [0.5, 0.6) is 0 Å². The van der Waals surface area contributed by atoms with E-state index in [1.54, 1.807) is 0 Å². The molecule has 4 rings (SSSR count). The van der Waals surface area contributed by atoms with Crippen LogP contribution in [-0.2, 0) is 0 Å². The molecule has 1 heterocycles. The maximum Gasteiger partial charge on any atom is 0.181 e. The van der Waals surface area contributed by atoms with Crippen LogP contribution in [0.1, 0.15) is 54.3 Å². The number of hydrogen-bond donors (Lipinski definition) is 3. The molecular formula is C29H33N3O2. The lowest BCUT2D eigenvalue weighted by molar-refractivity contribution is 0.0932. The van der Waals surface area contributed by atoms with E-state index in [2.05, 4.69) is 16.0 Å². The Kier molecular flexibility index (Phi) is 7.25. The Hall–Kier alpha value is -3.28. The number of benzene rings is 3. The summed E-state index contributed by atoms with van der Waals surface area (Å²) in [6.45, 7) is 7.03. The summed E-state index contributed by atoms with van der Waals surface area (Å²) < 4.78 is 0. The second-order valence-electron chi connectivity index (χ2n) is 9.81. The molecule has 1 atom stereocenters. The molecule has 0 saturated carbocycles. The minimum atomic E-state index is -0.281. The average Bonchev–Trinajstić information content (AvgIpc) is 3.38. The molecule has 1 aliphatic rings. The van der Waals surface area contributed by atoms with Crippen molar-refractivity contribution in [3.8, 4) is 11.1 Å². The van der Waals surface area contributed by atoms with Gasteiger partial charge in [-0.2, -0.15) is 0 Å². The number of carbonyl (C=O) groups excluding carboxylic acids is 2. The molecule has 176 valence electrons. The predicted octanol–water partition coefficient (Wildman–Crippen LogP) is 5.60. The summed E-state index contributed by atoms with van der Waals surface area (Å²) in [4.78, 5) is 27.7. The molecule has 1 unspecified atom stereocenters. The Balaban J connectivity index is 1.89. The van der Waals surface area contributed by atoms with Crippen molar-refractivity contribution in [2.75, 3.05) is 18.4 Å². The highest BCUT2D eigenvalue weighted by Crippen LogP contribution is 2.35. The van der Waals surface area contributed by atoms with Crippen LogP contribution < -0.4 is 16.0 Å². The van der Waals surface area contributed by atoms with E-state index in [4.69, 9.17) is 0 Å². The summed E-state index contributed by atoms with van der Waals surface area (Å²) >= 11 is 0. The van der Waals surface area contributed by atoms with Gasteiger partial charge in [0.1, 0.15) is 0 Å². The highest BCUT2D eigenvalue weighted by atomic mass is 16.1. The molecule has 1 saturated heterocycles. The zero-order chi connectivity index (χ0) is 24.1. The van der Waals surface area contributed by atoms with Crippen molar-refractivity contribution in [3.05, 3.63) is 83.9 Å². The first kappa shape index (κ1) is 23.9. The van der Waals surface area contributed by atoms with Gasteiger partial charge in [0.05, 0.1) is 23.8 Å². The summed E-state index contributed by atoms with van der Waals surface area (Å²) in [5.41, 5.74) is 3.94. The number of nitrogens with one attached hydrogen (secondary N) is 3. The second kappa shape index (κ2) is 10.3. The SMILES string of the molecule is CC(C)(C)NCC(=O)c1c(Nc2ccccc2)ccc(-c2ccccc2)c1C(=O)C1CCCN1. The van der Waals surface area contributed by atoms with Gasteiger partial charge in [-0.05, 0) is 69.5 Å². The first-order valence-corrected chi connectivity index (χ1v) is 11.9. The predicted molar refractivity (Wildman–Crippen MR) is 139 cm³/mol. The molecule has 3 aromatic rings. The van der Waals surface area contributed by atoms with Gasteiger partial charge in [-0.15, -0.1) is 0 Å². The van der Waals surface area contributed by atoms with Gasteiger partial charge in [0.25, 0.3) is 0 Å². The van der Waals surface area contributed by atoms with Gasteiger partial charge in [0.15, 0.2) is 11.6 Å². The molecule has 5 heteroatoms. The largest absolute Gasteiger partial charge is 0.355 e. The number of rotatable bonds is 8. The average molecular weight is 456 g/mol. The van der Waals surface area contributed by atoms with Crippen LogP contribution in [-0.4, -0.2) is 36.2 Å². The number of hydrogen-bond acceptors (Lipinski definition) is 5. The van der Waals surface area contributed by atoms with Crippen molar-refractivity contribution in [2.45, 2.75) is 45.2 Å². The number of para-hydroxylation sites is 1. The van der Waals surface area contributed by atoms with E-state index in [1.807, 2.05) is 93.6 Å². The lowest BCUT2D eigenvalue weighted by Gasteiger charge is -2.23. The fourth-order valence-corrected chi connectivity index (χ4v) is 4.30. The summed E-state index contributed by atoms with van der Waals surface area (Å²) in [5.74, 6) is -0.125. The normalized spacial score (nSPS) is 15.8. The van der Waals surface area contributed by atoms with Crippen molar-refractivity contribution in [3.63, 3.8) is 0 Å². The number of carbonyl (C=O) groups is 2. The van der Waals surface area contributed by atoms with Gasteiger partial charge in [-0.1, -0.05) is 54.6 Å². The number of anilines is 2. The van der Waals surface area contributed by atoms with E-state index >= 15 is 0 Å². The topological polar surface area (TPSA) is 70.2 Å². The van der Waals surface area contributed by atoms with E-state index < -0.39 is 0 Å². The monoisotopic (exact) mass is 455 g/mol. The molecule has 0 bridgehead atoms. The van der Waals surface area contributed by atoms with Crippen LogP contribution in [0.25, 0.3) is 11.1 Å². The maximum absolute atomic E-state index is 13.9. The Morgan fingerprint density at radius 1 is 0.912 bits per heavy atom. The van der Waals surface area contributed by atoms with Crippen molar-refractivity contribution in [1.82, 2.24) is 10.6 Å². The lowest BCUT2D eigenvalue weighted by Crippen LogP contribution is -2.40. The van der Waals surface area contributed by atoms with Crippen LogP contribution in [0.4, 0.5) is 11.4 Å². The van der Waals surface area contributed by atoms with Crippen LogP contribution in [0.3, 0.4) is 0 Å². The maximum atomic E-state index is 13.9. The molecule has 0 amide bonds. The van der Waals surface area contributed by atoms with Gasteiger partial charge in [-0.3, -0.25) is 9.59 Å². The van der Waals surface area contributed by atoms with E-state index in [9.17, 15) is 9.59 Å². The van der Waals surface area contributed by atoms with E-state index in [0.29, 0.717) is 16.8 Å². The summed E-state index contributed by atoms with van der Waals surface area (Å²) in [6, 6.07) is 23.2. The fraction of sp³-hybridized carbons (Fsp3) is 0.310. The first-order valence-electron chi connectivity index (χ1n) is 11.9. The summed E-state index contributed by atoms with van der Waals surface area (Å²) in [5, 5.41) is 10.0. The number of Topliss-reactive ketones (excluding diaryl/α,β-unsaturated/α-hetero) is 2. The third-order valence-corrected chi connectivity index (χ3v) is 6.02. The lowest BCUT2D eigenvalue weighted by atomic mass is 9.86. The van der Waals surface area contributed by atoms with Gasteiger partial charge < -0.3 is 16.0 Å². The summed E-state index contributed by atoms with van der Waals surface area (Å²) in [6.07, 6.45) is 1.73. The fourth-order valence-electron chi connectivity index (χ4n) is 4.30. The minimum Gasteiger partial charge on any atom is -0.355 e. The highest BCUT2D eigenvalue weighted by Gasteiger charge is 2.31. The van der Waals surface area contributed by atoms with Gasteiger partial charge in [0, 0.05) is 16.8 Å².